The Hall–Kier alpha value is -2.25. The Morgan fingerprint density at radius 2 is 1.76 bits per heavy atom. The largest absolute Gasteiger partial charge is 0.495 e. The highest BCUT2D eigenvalue weighted by atomic mass is 32.2. The number of ether oxygens (including phenoxy) is 1. The molecular weight excluding hydrogens is 290 g/mol. The summed E-state index contributed by atoms with van der Waals surface area (Å²) in [5.74, 6) is 5.72. The van der Waals surface area contributed by atoms with Gasteiger partial charge in [-0.2, -0.15) is 0 Å². The lowest BCUT2D eigenvalue weighted by Crippen LogP contribution is -2.14. The Labute approximate surface area is 124 Å². The van der Waals surface area contributed by atoms with E-state index in [1.807, 2.05) is 13.0 Å². The summed E-state index contributed by atoms with van der Waals surface area (Å²) in [4.78, 5) is 0.144. The van der Waals surface area contributed by atoms with Gasteiger partial charge in [-0.25, -0.2) is 8.42 Å². The average molecular weight is 307 g/mol. The van der Waals surface area contributed by atoms with E-state index in [1.165, 1.54) is 19.2 Å². The van der Waals surface area contributed by atoms with E-state index in [2.05, 4.69) is 10.1 Å². The summed E-state index contributed by atoms with van der Waals surface area (Å²) in [6.45, 7) is 1.87. The summed E-state index contributed by atoms with van der Waals surface area (Å²) in [5.41, 5.74) is 4.40. The van der Waals surface area contributed by atoms with Crippen LogP contribution >= 0.6 is 0 Å². The first-order valence-electron chi connectivity index (χ1n) is 6.20. The van der Waals surface area contributed by atoms with Gasteiger partial charge in [0.15, 0.2) is 0 Å². The standard InChI is InChI=1S/C14H17N3O3S/c1-10-3-8-14(20-2)13(9-10)17-21(18,19)12-6-4-11(16-15)5-7-12/h3-9,16-17H,15H2,1-2H3. The Morgan fingerprint density at radius 1 is 1.10 bits per heavy atom. The highest BCUT2D eigenvalue weighted by molar-refractivity contribution is 7.92. The SMILES string of the molecule is COc1ccc(C)cc1NS(=O)(=O)c1ccc(NN)cc1. The van der Waals surface area contributed by atoms with Crippen molar-refractivity contribution in [2.75, 3.05) is 17.3 Å². The molecule has 0 saturated carbocycles. The predicted molar refractivity (Wildman–Crippen MR) is 82.8 cm³/mol. The van der Waals surface area contributed by atoms with Gasteiger partial charge in [0.25, 0.3) is 10.0 Å². The minimum absolute atomic E-state index is 0.144. The minimum atomic E-state index is -3.69. The second kappa shape index (κ2) is 6.02. The number of hydrogen-bond donors (Lipinski definition) is 3. The minimum Gasteiger partial charge on any atom is -0.495 e. The molecule has 0 spiro atoms. The summed E-state index contributed by atoms with van der Waals surface area (Å²) >= 11 is 0. The van der Waals surface area contributed by atoms with Crippen molar-refractivity contribution in [3.05, 3.63) is 48.0 Å². The number of rotatable bonds is 5. The number of nitrogens with two attached hydrogens (primary N) is 1. The van der Waals surface area contributed by atoms with Gasteiger partial charge in [0.05, 0.1) is 17.7 Å². The average Bonchev–Trinajstić information content (AvgIpc) is 2.47. The van der Waals surface area contributed by atoms with Gasteiger partial charge in [0, 0.05) is 5.69 Å². The third kappa shape index (κ3) is 3.45. The molecular formula is C14H17N3O3S. The van der Waals surface area contributed by atoms with Crippen LogP contribution < -0.4 is 20.7 Å². The van der Waals surface area contributed by atoms with Gasteiger partial charge in [0.2, 0.25) is 0 Å². The van der Waals surface area contributed by atoms with Gasteiger partial charge in [-0.3, -0.25) is 10.6 Å². The molecule has 0 aliphatic rings. The Morgan fingerprint density at radius 3 is 2.33 bits per heavy atom. The van der Waals surface area contributed by atoms with E-state index in [-0.39, 0.29) is 4.90 Å². The first kappa shape index (κ1) is 15.1. The number of aryl methyl sites for hydroxylation is 1. The number of anilines is 2. The van der Waals surface area contributed by atoms with Crippen LogP contribution in [0.2, 0.25) is 0 Å². The van der Waals surface area contributed by atoms with E-state index in [0.29, 0.717) is 17.1 Å². The van der Waals surface area contributed by atoms with Crippen LogP contribution in [0.3, 0.4) is 0 Å². The maximum atomic E-state index is 12.4. The number of methoxy groups -OCH3 is 1. The first-order valence-corrected chi connectivity index (χ1v) is 7.69. The molecule has 0 saturated heterocycles. The molecule has 0 aromatic heterocycles. The lowest BCUT2D eigenvalue weighted by atomic mass is 10.2. The molecule has 0 aliphatic heterocycles. The van der Waals surface area contributed by atoms with Crippen LogP contribution in [0.4, 0.5) is 11.4 Å². The van der Waals surface area contributed by atoms with Gasteiger partial charge in [0.1, 0.15) is 5.75 Å². The summed E-state index contributed by atoms with van der Waals surface area (Å²) in [7, 11) is -2.20. The van der Waals surface area contributed by atoms with Gasteiger partial charge in [-0.05, 0) is 48.9 Å². The third-order valence-electron chi connectivity index (χ3n) is 2.93. The quantitative estimate of drug-likeness (QED) is 0.581. The molecule has 0 fully saturated rings. The zero-order valence-corrected chi connectivity index (χ0v) is 12.6. The van der Waals surface area contributed by atoms with Crippen molar-refractivity contribution >= 4 is 21.4 Å². The maximum Gasteiger partial charge on any atom is 0.262 e. The maximum absolute atomic E-state index is 12.4. The molecule has 0 aliphatic carbocycles. The molecule has 0 atom stereocenters. The molecule has 0 bridgehead atoms. The fourth-order valence-electron chi connectivity index (χ4n) is 1.84. The first-order chi connectivity index (χ1) is 9.96. The van der Waals surface area contributed by atoms with Crippen LogP contribution in [0.25, 0.3) is 0 Å². The zero-order valence-electron chi connectivity index (χ0n) is 11.8. The molecule has 0 radical (unpaired) electrons. The van der Waals surface area contributed by atoms with E-state index in [0.717, 1.165) is 5.56 Å². The van der Waals surface area contributed by atoms with E-state index in [9.17, 15) is 8.42 Å². The number of hydrazine groups is 1. The second-order valence-electron chi connectivity index (χ2n) is 4.48. The van der Waals surface area contributed by atoms with Gasteiger partial charge >= 0.3 is 0 Å². The molecule has 2 rings (SSSR count). The van der Waals surface area contributed by atoms with E-state index in [4.69, 9.17) is 10.6 Å². The molecule has 2 aromatic rings. The van der Waals surface area contributed by atoms with Crippen molar-refractivity contribution in [1.29, 1.82) is 0 Å². The molecule has 0 unspecified atom stereocenters. The van der Waals surface area contributed by atoms with Gasteiger partial charge in [-0.1, -0.05) is 6.07 Å². The number of nitrogen functional groups attached to an aromatic ring is 1. The summed E-state index contributed by atoms with van der Waals surface area (Å²) in [6.07, 6.45) is 0. The zero-order chi connectivity index (χ0) is 15.5. The van der Waals surface area contributed by atoms with Crippen LogP contribution in [-0.2, 0) is 10.0 Å². The van der Waals surface area contributed by atoms with Crippen LogP contribution in [0, 0.1) is 6.92 Å². The van der Waals surface area contributed by atoms with Crippen molar-refractivity contribution < 1.29 is 13.2 Å². The molecule has 7 heteroatoms. The van der Waals surface area contributed by atoms with Crippen molar-refractivity contribution in [3.63, 3.8) is 0 Å². The Bertz CT molecular complexity index is 728. The highest BCUT2D eigenvalue weighted by Gasteiger charge is 2.16. The van der Waals surface area contributed by atoms with Crippen molar-refractivity contribution in [3.8, 4) is 5.75 Å². The number of hydrogen-bond acceptors (Lipinski definition) is 5. The van der Waals surface area contributed by atoms with Crippen LogP contribution in [-0.4, -0.2) is 15.5 Å². The summed E-state index contributed by atoms with van der Waals surface area (Å²) < 4.78 is 32.4. The topological polar surface area (TPSA) is 93.4 Å². The highest BCUT2D eigenvalue weighted by Crippen LogP contribution is 2.28. The van der Waals surface area contributed by atoms with E-state index >= 15 is 0 Å². The van der Waals surface area contributed by atoms with Crippen molar-refractivity contribution in [2.24, 2.45) is 5.84 Å². The summed E-state index contributed by atoms with van der Waals surface area (Å²) in [5, 5.41) is 0. The second-order valence-corrected chi connectivity index (χ2v) is 6.16. The lowest BCUT2D eigenvalue weighted by molar-refractivity contribution is 0.417. The third-order valence-corrected chi connectivity index (χ3v) is 4.31. The van der Waals surface area contributed by atoms with E-state index < -0.39 is 10.0 Å². The van der Waals surface area contributed by atoms with Gasteiger partial charge < -0.3 is 10.2 Å². The Kier molecular flexibility index (Phi) is 4.35. The normalized spacial score (nSPS) is 11.0. The predicted octanol–water partition coefficient (Wildman–Crippen LogP) is 2.09. The molecule has 0 amide bonds. The van der Waals surface area contributed by atoms with Crippen molar-refractivity contribution in [1.82, 2.24) is 0 Å². The van der Waals surface area contributed by atoms with Crippen LogP contribution in [0.5, 0.6) is 5.75 Å². The molecule has 112 valence electrons. The molecule has 2 aromatic carbocycles. The molecule has 4 N–H and O–H groups in total. The fourth-order valence-corrected chi connectivity index (χ4v) is 2.90. The molecule has 0 heterocycles. The number of nitrogens with one attached hydrogen (secondary N) is 2. The molecule has 21 heavy (non-hydrogen) atoms. The monoisotopic (exact) mass is 307 g/mol. The smallest absolute Gasteiger partial charge is 0.262 e. The van der Waals surface area contributed by atoms with Crippen LogP contribution in [0.1, 0.15) is 5.56 Å². The Balaban J connectivity index is 2.34. The lowest BCUT2D eigenvalue weighted by Gasteiger charge is -2.13. The van der Waals surface area contributed by atoms with Gasteiger partial charge in [-0.15, -0.1) is 0 Å². The van der Waals surface area contributed by atoms with E-state index in [1.54, 1.807) is 24.3 Å². The van der Waals surface area contributed by atoms with Crippen molar-refractivity contribution in [2.45, 2.75) is 11.8 Å². The number of benzene rings is 2. The number of sulfonamides is 1. The van der Waals surface area contributed by atoms with Crippen LogP contribution in [0.15, 0.2) is 47.4 Å². The fraction of sp³-hybridized carbons (Fsp3) is 0.143. The summed E-state index contributed by atoms with van der Waals surface area (Å²) in [6, 6.07) is 11.4. The molecule has 6 nitrogen and oxygen atoms in total.